The summed E-state index contributed by atoms with van der Waals surface area (Å²) in [4.78, 5) is 11.1. The van der Waals surface area contributed by atoms with Crippen LogP contribution in [0.2, 0.25) is 0 Å². The minimum Gasteiger partial charge on any atom is -0.489 e. The van der Waals surface area contributed by atoms with E-state index in [4.69, 9.17) is 15.2 Å². The molecule has 9 heteroatoms. The topological polar surface area (TPSA) is 98.9 Å². The molecule has 0 saturated heterocycles. The number of esters is 1. The van der Waals surface area contributed by atoms with E-state index in [0.717, 1.165) is 16.4 Å². The maximum Gasteiger partial charge on any atom is 0.302 e. The largest absolute Gasteiger partial charge is 0.489 e. The molecule has 1 aliphatic heterocycles. The summed E-state index contributed by atoms with van der Waals surface area (Å²) in [5, 5.41) is 0. The number of carbonyl (C=O) groups is 1. The van der Waals surface area contributed by atoms with Gasteiger partial charge in [-0.15, -0.1) is 0 Å². The number of sulfonamides is 1. The SMILES string of the molecule is CC(=O)OCC1COc2ccc(N)cc2N1S(=O)(=O)c1ccc(F)cc1. The van der Waals surface area contributed by atoms with E-state index in [1.165, 1.54) is 25.1 Å². The third-order valence-corrected chi connectivity index (χ3v) is 5.71. The Morgan fingerprint density at radius 2 is 2.00 bits per heavy atom. The van der Waals surface area contributed by atoms with Gasteiger partial charge in [-0.2, -0.15) is 0 Å². The molecule has 1 atom stereocenters. The Hall–Kier alpha value is -2.81. The number of nitrogens with two attached hydrogens (primary N) is 1. The minimum absolute atomic E-state index is 0.00930. The van der Waals surface area contributed by atoms with Crippen molar-refractivity contribution in [3.63, 3.8) is 0 Å². The number of benzene rings is 2. The molecule has 7 nitrogen and oxygen atoms in total. The maximum absolute atomic E-state index is 13.2. The van der Waals surface area contributed by atoms with Crippen LogP contribution < -0.4 is 14.8 Å². The Bertz CT molecular complexity index is 931. The van der Waals surface area contributed by atoms with Crippen molar-refractivity contribution in [3.05, 3.63) is 48.3 Å². The number of nitrogens with zero attached hydrogens (tertiary/aromatic N) is 1. The molecule has 0 spiro atoms. The van der Waals surface area contributed by atoms with E-state index in [9.17, 15) is 17.6 Å². The van der Waals surface area contributed by atoms with Crippen molar-refractivity contribution in [1.29, 1.82) is 0 Å². The number of hydrogen-bond acceptors (Lipinski definition) is 6. The van der Waals surface area contributed by atoms with Crippen molar-refractivity contribution in [2.24, 2.45) is 0 Å². The predicted octanol–water partition coefficient (Wildman–Crippen LogP) is 1.93. The van der Waals surface area contributed by atoms with Crippen LogP contribution in [0.5, 0.6) is 5.75 Å². The van der Waals surface area contributed by atoms with Gasteiger partial charge < -0.3 is 15.2 Å². The molecule has 3 rings (SSSR count). The van der Waals surface area contributed by atoms with E-state index in [1.807, 2.05) is 0 Å². The molecule has 0 fully saturated rings. The van der Waals surface area contributed by atoms with Crippen LogP contribution >= 0.6 is 0 Å². The van der Waals surface area contributed by atoms with Crippen LogP contribution in [0.3, 0.4) is 0 Å². The second kappa shape index (κ2) is 6.83. The molecule has 2 aromatic carbocycles. The van der Waals surface area contributed by atoms with Gasteiger partial charge in [0, 0.05) is 12.6 Å². The smallest absolute Gasteiger partial charge is 0.302 e. The summed E-state index contributed by atoms with van der Waals surface area (Å²) in [7, 11) is -4.07. The number of hydrogen-bond donors (Lipinski definition) is 1. The Labute approximate surface area is 150 Å². The van der Waals surface area contributed by atoms with Crippen molar-refractivity contribution >= 4 is 27.4 Å². The van der Waals surface area contributed by atoms with Gasteiger partial charge in [-0.25, -0.2) is 12.8 Å². The Morgan fingerprint density at radius 3 is 2.65 bits per heavy atom. The standard InChI is InChI=1S/C17H17FN2O5S/c1-11(21)24-9-14-10-25-17-7-4-13(19)8-16(17)20(14)26(22,23)15-5-2-12(18)3-6-15/h2-8,14H,9-10,19H2,1H3. The first-order valence-corrected chi connectivity index (χ1v) is 9.19. The highest BCUT2D eigenvalue weighted by atomic mass is 32.2. The first kappa shape index (κ1) is 18.0. The van der Waals surface area contributed by atoms with Crippen LogP contribution in [0.15, 0.2) is 47.4 Å². The van der Waals surface area contributed by atoms with Crippen LogP contribution in [0, 0.1) is 5.82 Å². The lowest BCUT2D eigenvalue weighted by atomic mass is 10.2. The van der Waals surface area contributed by atoms with Crippen LogP contribution in [0.1, 0.15) is 6.92 Å². The molecule has 0 radical (unpaired) electrons. The van der Waals surface area contributed by atoms with Gasteiger partial charge in [0.1, 0.15) is 30.8 Å². The third kappa shape index (κ3) is 3.43. The van der Waals surface area contributed by atoms with E-state index < -0.39 is 27.9 Å². The lowest BCUT2D eigenvalue weighted by molar-refractivity contribution is -0.141. The monoisotopic (exact) mass is 380 g/mol. The number of carbonyl (C=O) groups excluding carboxylic acids is 1. The fraction of sp³-hybridized carbons (Fsp3) is 0.235. The molecule has 26 heavy (non-hydrogen) atoms. The van der Waals surface area contributed by atoms with Gasteiger partial charge in [-0.05, 0) is 42.5 Å². The normalized spacial score (nSPS) is 16.5. The fourth-order valence-corrected chi connectivity index (χ4v) is 4.28. The van der Waals surface area contributed by atoms with Gasteiger partial charge in [-0.3, -0.25) is 9.10 Å². The zero-order valence-corrected chi connectivity index (χ0v) is 14.7. The van der Waals surface area contributed by atoms with Crippen molar-refractivity contribution in [2.45, 2.75) is 17.9 Å². The minimum atomic E-state index is -4.07. The van der Waals surface area contributed by atoms with Crippen molar-refractivity contribution in [3.8, 4) is 5.75 Å². The van der Waals surface area contributed by atoms with Crippen LogP contribution in [0.25, 0.3) is 0 Å². The van der Waals surface area contributed by atoms with Gasteiger partial charge >= 0.3 is 5.97 Å². The van der Waals surface area contributed by atoms with E-state index >= 15 is 0 Å². The molecule has 0 aliphatic carbocycles. The number of halogens is 1. The third-order valence-electron chi connectivity index (χ3n) is 3.83. The summed E-state index contributed by atoms with van der Waals surface area (Å²) in [5.74, 6) is -0.751. The second-order valence-electron chi connectivity index (χ2n) is 5.75. The molecule has 1 aliphatic rings. The highest BCUT2D eigenvalue weighted by Crippen LogP contribution is 2.39. The van der Waals surface area contributed by atoms with Crippen molar-refractivity contribution < 1.29 is 27.1 Å². The fourth-order valence-electron chi connectivity index (χ4n) is 2.65. The molecule has 1 unspecified atom stereocenters. The first-order valence-electron chi connectivity index (χ1n) is 7.75. The lowest BCUT2D eigenvalue weighted by Gasteiger charge is -2.37. The number of ether oxygens (including phenoxy) is 2. The molecule has 0 aromatic heterocycles. The van der Waals surface area contributed by atoms with E-state index in [0.29, 0.717) is 11.4 Å². The molecular weight excluding hydrogens is 363 g/mol. The van der Waals surface area contributed by atoms with Gasteiger partial charge in [0.15, 0.2) is 0 Å². The molecular formula is C17H17FN2O5S. The highest BCUT2D eigenvalue weighted by molar-refractivity contribution is 7.92. The quantitative estimate of drug-likeness (QED) is 0.643. The summed E-state index contributed by atoms with van der Waals surface area (Å²) in [6.07, 6.45) is 0. The second-order valence-corrected chi connectivity index (χ2v) is 7.56. The lowest BCUT2D eigenvalue weighted by Crippen LogP contribution is -2.49. The summed E-state index contributed by atoms with van der Waals surface area (Å²) >= 11 is 0. The van der Waals surface area contributed by atoms with E-state index in [1.54, 1.807) is 12.1 Å². The molecule has 2 aromatic rings. The summed E-state index contributed by atoms with van der Waals surface area (Å²) in [6, 6.07) is 8.32. The summed E-state index contributed by atoms with van der Waals surface area (Å²) < 4.78 is 51.3. The van der Waals surface area contributed by atoms with Gasteiger partial charge in [0.25, 0.3) is 10.0 Å². The Balaban J connectivity index is 2.09. The maximum atomic E-state index is 13.2. The Kier molecular flexibility index (Phi) is 4.73. The van der Waals surface area contributed by atoms with Gasteiger partial charge in [0.2, 0.25) is 0 Å². The average molecular weight is 380 g/mol. The van der Waals surface area contributed by atoms with Crippen LogP contribution in [0.4, 0.5) is 15.8 Å². The molecule has 1 heterocycles. The Morgan fingerprint density at radius 1 is 1.31 bits per heavy atom. The van der Waals surface area contributed by atoms with E-state index in [-0.39, 0.29) is 23.8 Å². The summed E-state index contributed by atoms with van der Waals surface area (Å²) in [6.45, 7) is 1.03. The molecule has 138 valence electrons. The van der Waals surface area contributed by atoms with Crippen LogP contribution in [-0.2, 0) is 19.6 Å². The number of rotatable bonds is 4. The number of anilines is 2. The van der Waals surface area contributed by atoms with Gasteiger partial charge in [0.05, 0.1) is 10.6 Å². The first-order chi connectivity index (χ1) is 12.3. The predicted molar refractivity (Wildman–Crippen MR) is 92.8 cm³/mol. The number of nitrogen functional groups attached to an aromatic ring is 1. The average Bonchev–Trinajstić information content (AvgIpc) is 2.59. The van der Waals surface area contributed by atoms with Crippen LogP contribution in [-0.4, -0.2) is 33.6 Å². The zero-order chi connectivity index (χ0) is 18.9. The van der Waals surface area contributed by atoms with E-state index in [2.05, 4.69) is 0 Å². The zero-order valence-electron chi connectivity index (χ0n) is 13.9. The summed E-state index contributed by atoms with van der Waals surface area (Å²) in [5.41, 5.74) is 6.38. The molecule has 2 N–H and O–H groups in total. The van der Waals surface area contributed by atoms with Crippen molar-refractivity contribution in [2.75, 3.05) is 23.3 Å². The number of fused-ring (bicyclic) bond motifs is 1. The highest BCUT2D eigenvalue weighted by Gasteiger charge is 2.38. The molecule has 0 amide bonds. The van der Waals surface area contributed by atoms with Crippen molar-refractivity contribution in [1.82, 2.24) is 0 Å². The van der Waals surface area contributed by atoms with Gasteiger partial charge in [-0.1, -0.05) is 0 Å². The molecule has 0 saturated carbocycles. The molecule has 0 bridgehead atoms.